The smallest absolute Gasteiger partial charge is 0.274 e. The number of H-pyrrole nitrogens is 1. The Kier molecular flexibility index (Phi) is 3.58. The number of nitrogens with one attached hydrogen (secondary N) is 1. The van der Waals surface area contributed by atoms with Gasteiger partial charge in [-0.3, -0.25) is 9.89 Å². The largest absolute Gasteiger partial charge is 0.337 e. The van der Waals surface area contributed by atoms with Crippen LogP contribution in [0.15, 0.2) is 0 Å². The third-order valence-electron chi connectivity index (χ3n) is 4.72. The number of fused-ring (bicyclic) bond motifs is 1. The standard InChI is InChI=1S/C15H23N3O/c1-2-11-5-4-9-18(10-8-11)15(19)14-12-6-3-7-13(12)16-17-14/h11H,2-10H2,1H3,(H,16,17)/t11-/m0/s1. The Labute approximate surface area is 114 Å². The zero-order valence-corrected chi connectivity index (χ0v) is 11.7. The molecule has 1 N–H and O–H groups in total. The highest BCUT2D eigenvalue weighted by Crippen LogP contribution is 2.25. The summed E-state index contributed by atoms with van der Waals surface area (Å²) in [5.41, 5.74) is 3.06. The number of likely N-dealkylation sites (tertiary alicyclic amines) is 1. The number of amides is 1. The Morgan fingerprint density at radius 3 is 3.05 bits per heavy atom. The van der Waals surface area contributed by atoms with Crippen LogP contribution >= 0.6 is 0 Å². The molecule has 0 unspecified atom stereocenters. The van der Waals surface area contributed by atoms with Crippen molar-refractivity contribution < 1.29 is 4.79 Å². The van der Waals surface area contributed by atoms with Gasteiger partial charge < -0.3 is 4.90 Å². The van der Waals surface area contributed by atoms with E-state index in [9.17, 15) is 4.79 Å². The van der Waals surface area contributed by atoms with Crippen LogP contribution in [0.25, 0.3) is 0 Å². The molecule has 2 aliphatic rings. The van der Waals surface area contributed by atoms with Crippen molar-refractivity contribution in [1.82, 2.24) is 15.1 Å². The molecule has 1 aromatic rings. The van der Waals surface area contributed by atoms with Crippen LogP contribution in [-0.4, -0.2) is 34.1 Å². The van der Waals surface area contributed by atoms with E-state index in [4.69, 9.17) is 0 Å². The van der Waals surface area contributed by atoms with Gasteiger partial charge in [-0.15, -0.1) is 0 Å². The van der Waals surface area contributed by atoms with Crippen molar-refractivity contribution in [3.8, 4) is 0 Å². The number of carbonyl (C=O) groups excluding carboxylic acids is 1. The number of aromatic nitrogens is 2. The summed E-state index contributed by atoms with van der Waals surface area (Å²) in [5.74, 6) is 0.943. The van der Waals surface area contributed by atoms with Gasteiger partial charge in [-0.25, -0.2) is 0 Å². The molecule has 4 nitrogen and oxygen atoms in total. The number of nitrogens with zero attached hydrogens (tertiary/aromatic N) is 2. The fourth-order valence-corrected chi connectivity index (χ4v) is 3.42. The summed E-state index contributed by atoms with van der Waals surface area (Å²) in [6.07, 6.45) is 8.00. The van der Waals surface area contributed by atoms with Crippen LogP contribution < -0.4 is 0 Å². The molecule has 1 aliphatic heterocycles. The molecule has 1 aromatic heterocycles. The predicted octanol–water partition coefficient (Wildman–Crippen LogP) is 2.55. The molecule has 104 valence electrons. The third kappa shape index (κ3) is 2.40. The van der Waals surface area contributed by atoms with Gasteiger partial charge in [0.1, 0.15) is 0 Å². The number of hydrogen-bond donors (Lipinski definition) is 1. The summed E-state index contributed by atoms with van der Waals surface area (Å²) in [6, 6.07) is 0. The van der Waals surface area contributed by atoms with Crippen LogP contribution in [-0.2, 0) is 12.8 Å². The van der Waals surface area contributed by atoms with E-state index in [1.165, 1.54) is 24.1 Å². The van der Waals surface area contributed by atoms with Gasteiger partial charge in [0.05, 0.1) is 0 Å². The Morgan fingerprint density at radius 2 is 2.21 bits per heavy atom. The summed E-state index contributed by atoms with van der Waals surface area (Å²) in [5, 5.41) is 7.31. The average Bonchev–Trinajstić information content (AvgIpc) is 2.94. The quantitative estimate of drug-likeness (QED) is 0.889. The summed E-state index contributed by atoms with van der Waals surface area (Å²) in [6.45, 7) is 4.05. The molecule has 3 rings (SSSR count). The Morgan fingerprint density at radius 1 is 1.32 bits per heavy atom. The van der Waals surface area contributed by atoms with Gasteiger partial charge in [-0.05, 0) is 44.4 Å². The molecule has 4 heteroatoms. The fourth-order valence-electron chi connectivity index (χ4n) is 3.42. The van der Waals surface area contributed by atoms with Gasteiger partial charge in [-0.2, -0.15) is 5.10 Å². The Hall–Kier alpha value is -1.32. The monoisotopic (exact) mass is 261 g/mol. The summed E-state index contributed by atoms with van der Waals surface area (Å²) < 4.78 is 0. The Balaban J connectivity index is 1.73. The van der Waals surface area contributed by atoms with Gasteiger partial charge in [0.2, 0.25) is 0 Å². The summed E-state index contributed by atoms with van der Waals surface area (Å²) in [7, 11) is 0. The molecule has 0 bridgehead atoms. The van der Waals surface area contributed by atoms with E-state index in [0.29, 0.717) is 5.69 Å². The van der Waals surface area contributed by atoms with E-state index in [2.05, 4.69) is 17.1 Å². The van der Waals surface area contributed by atoms with Crippen LogP contribution in [0.2, 0.25) is 0 Å². The first-order valence-electron chi connectivity index (χ1n) is 7.65. The molecule has 0 radical (unpaired) electrons. The van der Waals surface area contributed by atoms with Crippen molar-refractivity contribution in [2.24, 2.45) is 5.92 Å². The zero-order chi connectivity index (χ0) is 13.2. The van der Waals surface area contributed by atoms with Crippen LogP contribution in [0.5, 0.6) is 0 Å². The highest BCUT2D eigenvalue weighted by molar-refractivity contribution is 5.94. The molecule has 19 heavy (non-hydrogen) atoms. The molecule has 0 saturated carbocycles. The highest BCUT2D eigenvalue weighted by Gasteiger charge is 2.27. The van der Waals surface area contributed by atoms with Gasteiger partial charge in [0.25, 0.3) is 5.91 Å². The third-order valence-corrected chi connectivity index (χ3v) is 4.72. The topological polar surface area (TPSA) is 49.0 Å². The predicted molar refractivity (Wildman–Crippen MR) is 74.1 cm³/mol. The van der Waals surface area contributed by atoms with E-state index in [0.717, 1.165) is 51.1 Å². The van der Waals surface area contributed by atoms with Crippen molar-refractivity contribution >= 4 is 5.91 Å². The second-order valence-electron chi connectivity index (χ2n) is 5.88. The van der Waals surface area contributed by atoms with Crippen LogP contribution in [0.4, 0.5) is 0 Å². The first-order valence-corrected chi connectivity index (χ1v) is 7.65. The van der Waals surface area contributed by atoms with E-state index < -0.39 is 0 Å². The van der Waals surface area contributed by atoms with Crippen LogP contribution in [0, 0.1) is 5.92 Å². The average molecular weight is 261 g/mol. The maximum Gasteiger partial charge on any atom is 0.274 e. The maximum atomic E-state index is 12.6. The van der Waals surface area contributed by atoms with Crippen molar-refractivity contribution in [2.75, 3.05) is 13.1 Å². The van der Waals surface area contributed by atoms with Gasteiger partial charge in [0, 0.05) is 24.3 Å². The van der Waals surface area contributed by atoms with E-state index in [-0.39, 0.29) is 5.91 Å². The first kappa shape index (κ1) is 12.7. The van der Waals surface area contributed by atoms with Gasteiger partial charge in [0.15, 0.2) is 5.69 Å². The summed E-state index contributed by atoms with van der Waals surface area (Å²) in [4.78, 5) is 14.6. The molecular formula is C15H23N3O. The van der Waals surface area contributed by atoms with E-state index >= 15 is 0 Å². The number of carbonyl (C=O) groups is 1. The minimum absolute atomic E-state index is 0.149. The zero-order valence-electron chi connectivity index (χ0n) is 11.7. The molecule has 1 fully saturated rings. The van der Waals surface area contributed by atoms with E-state index in [1.54, 1.807) is 0 Å². The number of rotatable bonds is 2. The van der Waals surface area contributed by atoms with E-state index in [1.807, 2.05) is 4.90 Å². The van der Waals surface area contributed by atoms with Crippen LogP contribution in [0.1, 0.15) is 60.8 Å². The minimum atomic E-state index is 0.149. The molecule has 1 aliphatic carbocycles. The van der Waals surface area contributed by atoms with Crippen molar-refractivity contribution in [2.45, 2.75) is 51.9 Å². The number of hydrogen-bond acceptors (Lipinski definition) is 2. The van der Waals surface area contributed by atoms with Crippen molar-refractivity contribution in [3.05, 3.63) is 17.0 Å². The highest BCUT2D eigenvalue weighted by atomic mass is 16.2. The lowest BCUT2D eigenvalue weighted by molar-refractivity contribution is 0.0753. The lowest BCUT2D eigenvalue weighted by Gasteiger charge is -2.20. The van der Waals surface area contributed by atoms with Crippen LogP contribution in [0.3, 0.4) is 0 Å². The molecule has 1 saturated heterocycles. The lowest BCUT2D eigenvalue weighted by atomic mass is 9.98. The number of aryl methyl sites for hydroxylation is 1. The molecule has 1 atom stereocenters. The fraction of sp³-hybridized carbons (Fsp3) is 0.733. The molecule has 2 heterocycles. The molecular weight excluding hydrogens is 238 g/mol. The molecule has 1 amide bonds. The second-order valence-corrected chi connectivity index (χ2v) is 5.88. The van der Waals surface area contributed by atoms with Gasteiger partial charge >= 0.3 is 0 Å². The van der Waals surface area contributed by atoms with Crippen molar-refractivity contribution in [3.63, 3.8) is 0 Å². The minimum Gasteiger partial charge on any atom is -0.337 e. The second kappa shape index (κ2) is 5.35. The normalized spacial score (nSPS) is 23.2. The maximum absolute atomic E-state index is 12.6. The number of aromatic amines is 1. The van der Waals surface area contributed by atoms with Gasteiger partial charge in [-0.1, -0.05) is 13.3 Å². The van der Waals surface area contributed by atoms with Crippen molar-refractivity contribution in [1.29, 1.82) is 0 Å². The first-order chi connectivity index (χ1) is 9.29. The SMILES string of the molecule is CC[C@H]1CCCN(C(=O)c2n[nH]c3c2CCC3)CC1. The molecule has 0 aromatic carbocycles. The molecule has 0 spiro atoms. The lowest BCUT2D eigenvalue weighted by Crippen LogP contribution is -2.32. The Bertz CT molecular complexity index is 466. The summed E-state index contributed by atoms with van der Waals surface area (Å²) >= 11 is 0.